The van der Waals surface area contributed by atoms with Gasteiger partial charge in [0.25, 0.3) is 0 Å². The van der Waals surface area contributed by atoms with E-state index in [1.54, 1.807) is 6.92 Å². The zero-order valence-electron chi connectivity index (χ0n) is 9.64. The Labute approximate surface area is 91.3 Å². The molecule has 1 nitrogen and oxygen atoms in total. The lowest BCUT2D eigenvalue weighted by Crippen LogP contribution is -2.01. The fourth-order valence-corrected chi connectivity index (χ4v) is 1.48. The van der Waals surface area contributed by atoms with Crippen LogP contribution in [0, 0.1) is 5.92 Å². The molecular weight excluding hydrogens is 191 g/mol. The number of rotatable bonds is 5. The van der Waals surface area contributed by atoms with E-state index in [-0.39, 0.29) is 0 Å². The van der Waals surface area contributed by atoms with Crippen molar-refractivity contribution in [1.29, 1.82) is 0 Å². The van der Waals surface area contributed by atoms with Crippen molar-refractivity contribution in [2.45, 2.75) is 27.2 Å². The monoisotopic (exact) mass is 209 g/mol. The summed E-state index contributed by atoms with van der Waals surface area (Å²) >= 11 is 0. The van der Waals surface area contributed by atoms with E-state index in [1.807, 2.05) is 25.1 Å². The van der Waals surface area contributed by atoms with E-state index in [9.17, 15) is 4.39 Å². The van der Waals surface area contributed by atoms with Crippen molar-refractivity contribution < 1.29 is 9.13 Å². The van der Waals surface area contributed by atoms with E-state index < -0.39 is 6.67 Å². The van der Waals surface area contributed by atoms with Crippen molar-refractivity contribution in [3.63, 3.8) is 0 Å². The van der Waals surface area contributed by atoms with Crippen LogP contribution in [0.15, 0.2) is 18.2 Å². The molecule has 1 rings (SSSR count). The summed E-state index contributed by atoms with van der Waals surface area (Å²) in [5.41, 5.74) is 2.10. The minimum absolute atomic E-state index is 0.406. The molecule has 0 saturated carbocycles. The lowest BCUT2D eigenvalue weighted by Gasteiger charge is -2.13. The highest BCUT2D eigenvalue weighted by Crippen LogP contribution is 2.25. The molecule has 0 bridgehead atoms. The second kappa shape index (κ2) is 5.74. The molecule has 0 N–H and O–H groups in total. The molecule has 83 valence electrons. The molecule has 0 aliphatic carbocycles. The third-order valence-electron chi connectivity index (χ3n) is 2.44. The van der Waals surface area contributed by atoms with Gasteiger partial charge >= 0.3 is 0 Å². The summed E-state index contributed by atoms with van der Waals surface area (Å²) in [5, 5.41) is 0. The number of hydrogen-bond donors (Lipinski definition) is 0. The summed E-state index contributed by atoms with van der Waals surface area (Å²) in [4.78, 5) is 0. The zero-order valence-corrected chi connectivity index (χ0v) is 9.64. The highest BCUT2D eigenvalue weighted by Gasteiger charge is 2.09. The Morgan fingerprint density at radius 1 is 1.33 bits per heavy atom. The van der Waals surface area contributed by atoms with E-state index in [4.69, 9.17) is 4.74 Å². The summed E-state index contributed by atoms with van der Waals surface area (Å²) in [5.74, 6) is 1.63. The van der Waals surface area contributed by atoms with Gasteiger partial charge in [0, 0.05) is 5.92 Å². The molecule has 2 heteroatoms. The Balaban J connectivity index is 2.98. The molecule has 0 aliphatic rings. The molecular formula is C13H18FO. The maximum atomic E-state index is 12.5. The van der Waals surface area contributed by atoms with Gasteiger partial charge in [-0.25, -0.2) is 0 Å². The molecule has 0 aliphatic heterocycles. The van der Waals surface area contributed by atoms with Crippen molar-refractivity contribution in [2.75, 3.05) is 13.3 Å². The summed E-state index contributed by atoms with van der Waals surface area (Å²) in [6.45, 7) is 6.08. The van der Waals surface area contributed by atoms with Gasteiger partial charge in [-0.1, -0.05) is 26.0 Å². The van der Waals surface area contributed by atoms with Crippen LogP contribution in [0.4, 0.5) is 4.39 Å². The first kappa shape index (κ1) is 12.0. The second-order valence-electron chi connectivity index (χ2n) is 3.52. The van der Waals surface area contributed by atoms with Crippen LogP contribution in [0.25, 0.3) is 0 Å². The van der Waals surface area contributed by atoms with Crippen LogP contribution in [-0.4, -0.2) is 13.3 Å². The third kappa shape index (κ3) is 2.95. The first-order valence-electron chi connectivity index (χ1n) is 5.37. The number of benzene rings is 1. The minimum Gasteiger partial charge on any atom is -0.494 e. The molecule has 0 aromatic heterocycles. The predicted octanol–water partition coefficient (Wildman–Crippen LogP) is 3.56. The molecule has 0 unspecified atom stereocenters. The summed E-state index contributed by atoms with van der Waals surface area (Å²) in [6, 6.07) is 5.90. The molecule has 1 radical (unpaired) electrons. The van der Waals surface area contributed by atoms with Crippen molar-refractivity contribution in [2.24, 2.45) is 0 Å². The van der Waals surface area contributed by atoms with E-state index in [0.29, 0.717) is 6.61 Å². The fraction of sp³-hybridized carbons (Fsp3) is 0.462. The lowest BCUT2D eigenvalue weighted by molar-refractivity contribution is 0.336. The van der Waals surface area contributed by atoms with Crippen molar-refractivity contribution in [1.82, 2.24) is 0 Å². The van der Waals surface area contributed by atoms with Crippen LogP contribution < -0.4 is 4.74 Å². The molecule has 0 atom stereocenters. The number of alkyl halides is 1. The van der Waals surface area contributed by atoms with Gasteiger partial charge in [-0.05, 0) is 30.5 Å². The summed E-state index contributed by atoms with van der Waals surface area (Å²) < 4.78 is 18.0. The van der Waals surface area contributed by atoms with E-state index in [2.05, 4.69) is 6.92 Å². The maximum Gasteiger partial charge on any atom is 0.122 e. The van der Waals surface area contributed by atoms with Gasteiger partial charge in [-0.2, -0.15) is 0 Å². The van der Waals surface area contributed by atoms with Gasteiger partial charge in [0.05, 0.1) is 13.3 Å². The fourth-order valence-electron chi connectivity index (χ4n) is 1.48. The minimum atomic E-state index is -0.406. The molecule has 15 heavy (non-hydrogen) atoms. The summed E-state index contributed by atoms with van der Waals surface area (Å²) in [7, 11) is 0. The SMILES string of the molecule is CCOc1cc([C](C)CF)ccc1CC. The lowest BCUT2D eigenvalue weighted by atomic mass is 9.99. The first-order chi connectivity index (χ1) is 7.22. The summed E-state index contributed by atoms with van der Waals surface area (Å²) in [6.07, 6.45) is 0.935. The van der Waals surface area contributed by atoms with Crippen LogP contribution in [0.2, 0.25) is 0 Å². The number of hydrogen-bond acceptors (Lipinski definition) is 1. The van der Waals surface area contributed by atoms with Crippen LogP contribution in [0.1, 0.15) is 31.9 Å². The van der Waals surface area contributed by atoms with Crippen LogP contribution in [0.3, 0.4) is 0 Å². The highest BCUT2D eigenvalue weighted by molar-refractivity contribution is 5.42. The van der Waals surface area contributed by atoms with Gasteiger partial charge in [-0.3, -0.25) is 4.39 Å². The van der Waals surface area contributed by atoms with Gasteiger partial charge in [-0.15, -0.1) is 0 Å². The van der Waals surface area contributed by atoms with Crippen molar-refractivity contribution in [3.8, 4) is 5.75 Å². The van der Waals surface area contributed by atoms with E-state index >= 15 is 0 Å². The smallest absolute Gasteiger partial charge is 0.122 e. The standard InChI is InChI=1S/C13H18FO/c1-4-11-6-7-12(10(3)9-14)8-13(11)15-5-2/h6-8H,4-5,9H2,1-3H3. The molecule has 1 aromatic carbocycles. The highest BCUT2D eigenvalue weighted by atomic mass is 19.1. The topological polar surface area (TPSA) is 9.23 Å². The first-order valence-corrected chi connectivity index (χ1v) is 5.37. The van der Waals surface area contributed by atoms with Crippen molar-refractivity contribution in [3.05, 3.63) is 35.2 Å². The van der Waals surface area contributed by atoms with Gasteiger partial charge in [0.2, 0.25) is 0 Å². The van der Waals surface area contributed by atoms with Crippen LogP contribution >= 0.6 is 0 Å². The largest absolute Gasteiger partial charge is 0.494 e. The average Bonchev–Trinajstić information content (AvgIpc) is 2.28. The molecule has 0 fully saturated rings. The predicted molar refractivity (Wildman–Crippen MR) is 61.0 cm³/mol. The second-order valence-corrected chi connectivity index (χ2v) is 3.52. The third-order valence-corrected chi connectivity index (χ3v) is 2.44. The molecule has 0 heterocycles. The Morgan fingerprint density at radius 2 is 2.07 bits per heavy atom. The number of halogens is 1. The molecule has 1 aromatic rings. The average molecular weight is 209 g/mol. The Hall–Kier alpha value is -1.05. The van der Waals surface area contributed by atoms with Crippen LogP contribution in [-0.2, 0) is 6.42 Å². The molecule has 0 amide bonds. The quantitative estimate of drug-likeness (QED) is 0.720. The Bertz CT molecular complexity index is 309. The molecule has 0 spiro atoms. The van der Waals surface area contributed by atoms with E-state index in [1.165, 1.54) is 5.56 Å². The maximum absolute atomic E-state index is 12.5. The zero-order chi connectivity index (χ0) is 11.3. The van der Waals surface area contributed by atoms with E-state index in [0.717, 1.165) is 23.7 Å². The Morgan fingerprint density at radius 3 is 2.60 bits per heavy atom. The Kier molecular flexibility index (Phi) is 4.60. The number of ether oxygens (including phenoxy) is 1. The molecule has 0 saturated heterocycles. The number of aryl methyl sites for hydroxylation is 1. The van der Waals surface area contributed by atoms with Gasteiger partial charge in [0.15, 0.2) is 0 Å². The van der Waals surface area contributed by atoms with Gasteiger partial charge < -0.3 is 4.74 Å². The van der Waals surface area contributed by atoms with Crippen LogP contribution in [0.5, 0.6) is 5.75 Å². The normalized spacial score (nSPS) is 10.7. The van der Waals surface area contributed by atoms with Crippen molar-refractivity contribution >= 4 is 0 Å². The van der Waals surface area contributed by atoms with Gasteiger partial charge in [0.1, 0.15) is 5.75 Å².